The summed E-state index contributed by atoms with van der Waals surface area (Å²) in [6.45, 7) is 0. The average molecular weight is 293 g/mol. The molecule has 1 aromatic heterocycles. The Morgan fingerprint density at radius 2 is 2.15 bits per heavy atom. The predicted octanol–water partition coefficient (Wildman–Crippen LogP) is 1.72. The fraction of sp³-hybridized carbons (Fsp3) is 0.0769. The molecule has 0 saturated heterocycles. The van der Waals surface area contributed by atoms with Crippen molar-refractivity contribution in [3.8, 4) is 11.1 Å². The largest absolute Gasteiger partial charge is 0.409 e. The number of nitrogens with two attached hydrogens (primary N) is 1. The molecule has 1 heterocycles. The first-order chi connectivity index (χ1) is 9.52. The van der Waals surface area contributed by atoms with Gasteiger partial charge in [0, 0.05) is 18.0 Å². The number of nitrogens with zero attached hydrogens (tertiary/aromatic N) is 2. The lowest BCUT2D eigenvalue weighted by atomic mass is 10.1. The summed E-state index contributed by atoms with van der Waals surface area (Å²) in [5.41, 5.74) is 6.84. The molecule has 5 nitrogen and oxygen atoms in total. The molecule has 104 valence electrons. The first-order valence-electron chi connectivity index (χ1n) is 5.60. The molecular weight excluding hydrogens is 281 g/mol. The van der Waals surface area contributed by atoms with Crippen molar-refractivity contribution in [2.24, 2.45) is 10.9 Å². The highest BCUT2D eigenvalue weighted by atomic mass is 32.2. The Kier molecular flexibility index (Phi) is 4.09. The van der Waals surface area contributed by atoms with Crippen molar-refractivity contribution in [3.05, 3.63) is 48.0 Å². The van der Waals surface area contributed by atoms with Crippen molar-refractivity contribution < 1.29 is 13.8 Å². The number of amidine groups is 1. The molecule has 2 aromatic rings. The quantitative estimate of drug-likeness (QED) is 0.390. The Labute approximate surface area is 117 Å². The molecule has 2 rings (SSSR count). The van der Waals surface area contributed by atoms with Gasteiger partial charge in [-0.05, 0) is 23.8 Å². The van der Waals surface area contributed by atoms with Crippen molar-refractivity contribution in [2.45, 2.75) is 4.90 Å². The summed E-state index contributed by atoms with van der Waals surface area (Å²) >= 11 is 0. The number of rotatable bonds is 3. The molecule has 1 aromatic carbocycles. The highest BCUT2D eigenvalue weighted by Crippen LogP contribution is 2.23. The van der Waals surface area contributed by atoms with E-state index in [1.165, 1.54) is 24.6 Å². The van der Waals surface area contributed by atoms with Gasteiger partial charge in [0.25, 0.3) is 0 Å². The monoisotopic (exact) mass is 293 g/mol. The van der Waals surface area contributed by atoms with Crippen LogP contribution in [0.15, 0.2) is 46.6 Å². The van der Waals surface area contributed by atoms with Crippen molar-refractivity contribution in [2.75, 3.05) is 6.26 Å². The summed E-state index contributed by atoms with van der Waals surface area (Å²) in [6, 6.07) is 7.56. The van der Waals surface area contributed by atoms with E-state index in [1.54, 1.807) is 18.2 Å². The van der Waals surface area contributed by atoms with Gasteiger partial charge >= 0.3 is 0 Å². The number of hydrogen-bond acceptors (Lipinski definition) is 4. The summed E-state index contributed by atoms with van der Waals surface area (Å²) in [4.78, 5) is 4.37. The number of aromatic nitrogens is 1. The molecule has 0 bridgehead atoms. The van der Waals surface area contributed by atoms with Crippen LogP contribution in [0.25, 0.3) is 11.1 Å². The summed E-state index contributed by atoms with van der Waals surface area (Å²) in [7, 11) is -1.38. The zero-order valence-electron chi connectivity index (χ0n) is 10.6. The van der Waals surface area contributed by atoms with E-state index >= 15 is 0 Å². The standard InChI is InChI=1S/C13H12FN3O2S/c1-20(19)11-6-9(7-16-12(11)13(15)17-18)8-3-2-4-10(14)5-8/h2-7,18H,1H3,(H2,15,17). The van der Waals surface area contributed by atoms with Crippen molar-refractivity contribution in [1.82, 2.24) is 4.98 Å². The van der Waals surface area contributed by atoms with Gasteiger partial charge in [-0.1, -0.05) is 17.3 Å². The normalized spacial score (nSPS) is 13.2. The van der Waals surface area contributed by atoms with Crippen LogP contribution >= 0.6 is 0 Å². The summed E-state index contributed by atoms with van der Waals surface area (Å²) in [5, 5.41) is 11.5. The SMILES string of the molecule is CS(=O)c1cc(-c2cccc(F)c2)cnc1C(N)=NO. The number of halogens is 1. The molecule has 0 radical (unpaired) electrons. The first kappa shape index (κ1) is 14.1. The summed E-state index contributed by atoms with van der Waals surface area (Å²) in [6.07, 6.45) is 2.92. The van der Waals surface area contributed by atoms with E-state index in [0.717, 1.165) is 0 Å². The second-order valence-corrected chi connectivity index (χ2v) is 5.37. The molecule has 1 atom stereocenters. The average Bonchev–Trinajstić information content (AvgIpc) is 2.45. The maximum absolute atomic E-state index is 13.2. The van der Waals surface area contributed by atoms with Gasteiger partial charge in [-0.15, -0.1) is 0 Å². The van der Waals surface area contributed by atoms with E-state index in [0.29, 0.717) is 16.0 Å². The molecule has 0 amide bonds. The molecule has 0 aliphatic heterocycles. The third-order valence-corrected chi connectivity index (χ3v) is 3.60. The molecule has 1 unspecified atom stereocenters. The molecule has 20 heavy (non-hydrogen) atoms. The van der Waals surface area contributed by atoms with Crippen LogP contribution in [0.1, 0.15) is 5.69 Å². The van der Waals surface area contributed by atoms with E-state index in [4.69, 9.17) is 10.9 Å². The van der Waals surface area contributed by atoms with Gasteiger partial charge in [-0.3, -0.25) is 9.19 Å². The minimum absolute atomic E-state index is 0.147. The second-order valence-electron chi connectivity index (χ2n) is 4.02. The fourth-order valence-corrected chi connectivity index (χ4v) is 2.45. The zero-order chi connectivity index (χ0) is 14.7. The van der Waals surface area contributed by atoms with Crippen LogP contribution in [0.5, 0.6) is 0 Å². The molecule has 0 spiro atoms. The molecule has 3 N–H and O–H groups in total. The van der Waals surface area contributed by atoms with E-state index in [9.17, 15) is 8.60 Å². The van der Waals surface area contributed by atoms with Crippen molar-refractivity contribution in [3.63, 3.8) is 0 Å². The lowest BCUT2D eigenvalue weighted by Crippen LogP contribution is -2.18. The topological polar surface area (TPSA) is 88.6 Å². The van der Waals surface area contributed by atoms with Crippen molar-refractivity contribution >= 4 is 16.6 Å². The van der Waals surface area contributed by atoms with Crippen LogP contribution in [0.4, 0.5) is 4.39 Å². The van der Waals surface area contributed by atoms with E-state index in [1.807, 2.05) is 0 Å². The molecule has 7 heteroatoms. The number of benzene rings is 1. The van der Waals surface area contributed by atoms with Crippen LogP contribution in [0, 0.1) is 5.82 Å². The van der Waals surface area contributed by atoms with Gasteiger partial charge in [-0.2, -0.15) is 0 Å². The maximum atomic E-state index is 13.2. The Morgan fingerprint density at radius 3 is 2.75 bits per heavy atom. The van der Waals surface area contributed by atoms with E-state index in [-0.39, 0.29) is 17.3 Å². The van der Waals surface area contributed by atoms with E-state index in [2.05, 4.69) is 10.1 Å². The number of oxime groups is 1. The fourth-order valence-electron chi connectivity index (χ4n) is 1.73. The van der Waals surface area contributed by atoms with Crippen LogP contribution < -0.4 is 5.73 Å². The minimum Gasteiger partial charge on any atom is -0.409 e. The van der Waals surface area contributed by atoms with Crippen LogP contribution in [0.3, 0.4) is 0 Å². The molecule has 0 aliphatic carbocycles. The van der Waals surface area contributed by atoms with Gasteiger partial charge in [0.05, 0.1) is 15.7 Å². The smallest absolute Gasteiger partial charge is 0.189 e. The second kappa shape index (κ2) is 5.79. The first-order valence-corrected chi connectivity index (χ1v) is 7.16. The Bertz CT molecular complexity index is 704. The molecule has 0 saturated carbocycles. The zero-order valence-corrected chi connectivity index (χ0v) is 11.4. The molecule has 0 fully saturated rings. The van der Waals surface area contributed by atoms with Crippen LogP contribution in [-0.4, -0.2) is 26.5 Å². The number of hydrogen-bond donors (Lipinski definition) is 2. The van der Waals surface area contributed by atoms with E-state index < -0.39 is 10.8 Å². The Morgan fingerprint density at radius 1 is 1.40 bits per heavy atom. The van der Waals surface area contributed by atoms with Gasteiger partial charge in [0.2, 0.25) is 0 Å². The maximum Gasteiger partial charge on any atom is 0.189 e. The minimum atomic E-state index is -1.38. The van der Waals surface area contributed by atoms with Gasteiger partial charge in [0.1, 0.15) is 11.5 Å². The highest BCUT2D eigenvalue weighted by Gasteiger charge is 2.14. The predicted molar refractivity (Wildman–Crippen MR) is 74.5 cm³/mol. The highest BCUT2D eigenvalue weighted by molar-refractivity contribution is 7.84. The van der Waals surface area contributed by atoms with Crippen molar-refractivity contribution in [1.29, 1.82) is 0 Å². The third-order valence-electron chi connectivity index (χ3n) is 2.67. The lowest BCUT2D eigenvalue weighted by molar-refractivity contribution is 0.318. The molecule has 0 aliphatic rings. The van der Waals surface area contributed by atoms with Crippen LogP contribution in [0.2, 0.25) is 0 Å². The summed E-state index contributed by atoms with van der Waals surface area (Å²) < 4.78 is 25.0. The van der Waals surface area contributed by atoms with Gasteiger partial charge in [0.15, 0.2) is 5.84 Å². The molecular formula is C13H12FN3O2S. The third kappa shape index (κ3) is 2.83. The van der Waals surface area contributed by atoms with Gasteiger partial charge in [-0.25, -0.2) is 4.39 Å². The summed E-state index contributed by atoms with van der Waals surface area (Å²) in [5.74, 6) is -0.594. The Balaban J connectivity index is 2.59. The lowest BCUT2D eigenvalue weighted by Gasteiger charge is -2.08. The van der Waals surface area contributed by atoms with Gasteiger partial charge < -0.3 is 10.9 Å². The van der Waals surface area contributed by atoms with Crippen LogP contribution in [-0.2, 0) is 10.8 Å². The Hall–Kier alpha value is -2.28. The number of pyridine rings is 1.